The van der Waals surface area contributed by atoms with Gasteiger partial charge in [0.1, 0.15) is 0 Å². The van der Waals surface area contributed by atoms with Crippen LogP contribution in [-0.4, -0.2) is 29.7 Å². The van der Waals surface area contributed by atoms with E-state index in [2.05, 4.69) is 9.97 Å². The number of nitro groups is 4. The van der Waals surface area contributed by atoms with E-state index in [4.69, 9.17) is 0 Å². The van der Waals surface area contributed by atoms with Gasteiger partial charge in [0.15, 0.2) is 11.2 Å². The largest absolute Gasteiger partial charge is 0.366 e. The van der Waals surface area contributed by atoms with Crippen molar-refractivity contribution in [1.82, 2.24) is 9.97 Å². The number of para-hydroxylation sites is 1. The first-order chi connectivity index (χ1) is 33.7. The van der Waals surface area contributed by atoms with E-state index in [-0.39, 0.29) is 32.9 Å². The molecule has 0 amide bonds. The lowest BCUT2D eigenvalue weighted by Crippen LogP contribution is -2.02. The minimum Gasteiger partial charge on any atom is -0.358 e. The number of fused-ring (bicyclic) bond motifs is 2. The molecule has 14 nitrogen and oxygen atoms in total. The maximum Gasteiger partial charge on any atom is 0.366 e. The van der Waals surface area contributed by atoms with E-state index >= 15 is 0 Å². The van der Waals surface area contributed by atoms with Crippen LogP contribution >= 0.6 is 0 Å². The molecule has 6 rings (SSSR count). The predicted octanol–water partition coefficient (Wildman–Crippen LogP) is 19.1. The van der Waals surface area contributed by atoms with E-state index in [9.17, 15) is 40.5 Å². The Hall–Kier alpha value is -6.70. The summed E-state index contributed by atoms with van der Waals surface area (Å²) in [6.07, 6.45) is 0. The van der Waals surface area contributed by atoms with Crippen LogP contribution in [0.25, 0.3) is 21.7 Å². The molecule has 14 heteroatoms. The highest BCUT2D eigenvalue weighted by Crippen LogP contribution is 2.31. The van der Waals surface area contributed by atoms with Crippen molar-refractivity contribution >= 4 is 44.7 Å². The van der Waals surface area contributed by atoms with E-state index in [0.29, 0.717) is 22.2 Å². The van der Waals surface area contributed by atoms with Gasteiger partial charge in [-0.1, -0.05) is 153 Å². The Labute approximate surface area is 428 Å². The number of hydrogen-bond acceptors (Lipinski definition) is 10. The number of rotatable bonds is 4. The fraction of sp³-hybridized carbons (Fsp3) is 0.474. The molecule has 0 aliphatic rings. The first-order valence-electron chi connectivity index (χ1n) is 25.1. The van der Waals surface area contributed by atoms with Gasteiger partial charge in [0.25, 0.3) is 11.4 Å². The summed E-state index contributed by atoms with van der Waals surface area (Å²) in [6, 6.07) is 20.2. The highest BCUT2D eigenvalue weighted by molar-refractivity contribution is 5.85. The number of pyridine rings is 2. The third-order valence-electron chi connectivity index (χ3n) is 9.91. The van der Waals surface area contributed by atoms with E-state index in [1.807, 2.05) is 208 Å². The standard InChI is InChI=1S/C11H9NO2.C11H15NO2.C10H8N2O2.C9H12N2O2.8C2H6/c1-8-6-9-4-2-3-5-10(9)7-11(8)12(13)14;1-6-7(2)9(4)11(12(13)14)10(5)8(6)3;1-7-6-8-4-2-3-5-9(8)11-10(7)12(13)14;1-5-6(2)8(4)10-9(7(5)3)11(12)13;8*1-2/h2-7H,1H3;1-5H3;2-6H,1H3;1-4H3;8*1-2H3. The number of hydrogen-bond donors (Lipinski definition) is 0. The molecule has 2 heterocycles. The molecule has 0 atom stereocenters. The summed E-state index contributed by atoms with van der Waals surface area (Å²) < 4.78 is 0. The molecule has 0 saturated heterocycles. The first-order valence-corrected chi connectivity index (χ1v) is 25.1. The Morgan fingerprint density at radius 1 is 0.338 bits per heavy atom. The van der Waals surface area contributed by atoms with Crippen molar-refractivity contribution < 1.29 is 19.7 Å². The topological polar surface area (TPSA) is 198 Å². The van der Waals surface area contributed by atoms with Crippen LogP contribution in [0.15, 0.2) is 66.7 Å². The number of nitro benzene ring substituents is 2. The molecule has 2 aromatic heterocycles. The SMILES string of the molecule is CC.CC.CC.CC.CC.CC.CC.CC.Cc1c(C)c(C)c([N+](=O)[O-])c(C)c1C.Cc1cc2ccccc2cc1[N+](=O)[O-].Cc1cc2ccccc2nc1[N+](=O)[O-].Cc1nc([N+](=O)[O-])c(C)c(C)c1C. The minimum atomic E-state index is -0.457. The summed E-state index contributed by atoms with van der Waals surface area (Å²) in [5, 5.41) is 45.6. The molecule has 4 aromatic carbocycles. The van der Waals surface area contributed by atoms with Crippen LogP contribution in [0.3, 0.4) is 0 Å². The third kappa shape index (κ3) is 24.1. The molecule has 0 unspecified atom stereocenters. The molecular formula is C57H92N6O8. The molecule has 0 saturated carbocycles. The summed E-state index contributed by atoms with van der Waals surface area (Å²) in [5.74, 6) is -0.0932. The van der Waals surface area contributed by atoms with Crippen molar-refractivity contribution in [3.05, 3.63) is 169 Å². The van der Waals surface area contributed by atoms with E-state index in [1.165, 1.54) is 0 Å². The molecule has 6 aromatic rings. The van der Waals surface area contributed by atoms with Crippen LogP contribution in [0.5, 0.6) is 0 Å². The molecule has 0 aliphatic carbocycles. The van der Waals surface area contributed by atoms with Gasteiger partial charge < -0.3 is 20.2 Å². The second kappa shape index (κ2) is 43.3. The fourth-order valence-electron chi connectivity index (χ4n) is 5.91. The van der Waals surface area contributed by atoms with E-state index in [0.717, 1.165) is 60.8 Å². The number of aryl methyl sites for hydroxylation is 3. The molecule has 0 radical (unpaired) electrons. The Balaban J connectivity index is -0.000000181. The lowest BCUT2D eigenvalue weighted by molar-refractivity contribution is -0.390. The second-order valence-electron chi connectivity index (χ2n) is 13.2. The van der Waals surface area contributed by atoms with Gasteiger partial charge in [0.05, 0.1) is 9.85 Å². The summed E-state index contributed by atoms with van der Waals surface area (Å²) in [7, 11) is 0. The Bertz CT molecular complexity index is 2360. The van der Waals surface area contributed by atoms with Crippen LogP contribution in [0, 0.1) is 117 Å². The third-order valence-corrected chi connectivity index (χ3v) is 9.91. The zero-order valence-electron chi connectivity index (χ0n) is 48.8. The highest BCUT2D eigenvalue weighted by atomic mass is 16.6. The molecule has 398 valence electrons. The quantitative estimate of drug-likeness (QED) is 0.121. The zero-order valence-corrected chi connectivity index (χ0v) is 48.8. The molecule has 0 N–H and O–H groups in total. The lowest BCUT2D eigenvalue weighted by Gasteiger charge is -2.12. The summed E-state index contributed by atoms with van der Waals surface area (Å²) in [4.78, 5) is 49.1. The van der Waals surface area contributed by atoms with Gasteiger partial charge in [-0.15, -0.1) is 0 Å². The van der Waals surface area contributed by atoms with E-state index in [1.54, 1.807) is 45.9 Å². The highest BCUT2D eigenvalue weighted by Gasteiger charge is 2.21. The van der Waals surface area contributed by atoms with Gasteiger partial charge in [0.2, 0.25) is 0 Å². The Kier molecular flexibility index (Phi) is 46.3. The van der Waals surface area contributed by atoms with Crippen molar-refractivity contribution in [2.24, 2.45) is 0 Å². The molecular weight excluding hydrogens is 897 g/mol. The van der Waals surface area contributed by atoms with Gasteiger partial charge in [-0.2, -0.15) is 0 Å². The normalized spacial score (nSPS) is 8.66. The van der Waals surface area contributed by atoms with Gasteiger partial charge in [-0.05, 0) is 146 Å². The summed E-state index contributed by atoms with van der Waals surface area (Å²) in [5.41, 5.74) is 10.6. The smallest absolute Gasteiger partial charge is 0.358 e. The van der Waals surface area contributed by atoms with Crippen LogP contribution in [0.1, 0.15) is 172 Å². The fourth-order valence-corrected chi connectivity index (χ4v) is 5.91. The maximum absolute atomic E-state index is 10.9. The predicted molar refractivity (Wildman–Crippen MR) is 306 cm³/mol. The summed E-state index contributed by atoms with van der Waals surface area (Å²) in [6.45, 7) is 52.3. The monoisotopic (exact) mass is 989 g/mol. The van der Waals surface area contributed by atoms with Crippen molar-refractivity contribution in [2.75, 3.05) is 0 Å². The van der Waals surface area contributed by atoms with Gasteiger partial charge in [-0.3, -0.25) is 20.2 Å². The van der Waals surface area contributed by atoms with Gasteiger partial charge in [-0.25, -0.2) is 0 Å². The minimum absolute atomic E-state index is 0.0272. The van der Waals surface area contributed by atoms with Crippen molar-refractivity contribution in [2.45, 2.75) is 187 Å². The maximum atomic E-state index is 10.9. The van der Waals surface area contributed by atoms with Crippen LogP contribution in [0.2, 0.25) is 0 Å². The van der Waals surface area contributed by atoms with Crippen molar-refractivity contribution in [3.63, 3.8) is 0 Å². The van der Waals surface area contributed by atoms with Crippen molar-refractivity contribution in [3.8, 4) is 0 Å². The number of nitrogens with zero attached hydrogens (tertiary/aromatic N) is 6. The number of aromatic nitrogens is 2. The summed E-state index contributed by atoms with van der Waals surface area (Å²) >= 11 is 0. The van der Waals surface area contributed by atoms with Crippen LogP contribution in [0.4, 0.5) is 23.0 Å². The Morgan fingerprint density at radius 2 is 0.676 bits per heavy atom. The average Bonchev–Trinajstić information content (AvgIpc) is 3.40. The van der Waals surface area contributed by atoms with Crippen LogP contribution < -0.4 is 0 Å². The first kappa shape index (κ1) is 75.8. The molecule has 0 spiro atoms. The molecule has 0 aliphatic heterocycles. The van der Waals surface area contributed by atoms with Crippen molar-refractivity contribution in [1.29, 1.82) is 0 Å². The van der Waals surface area contributed by atoms with Gasteiger partial charge >= 0.3 is 11.6 Å². The lowest BCUT2D eigenvalue weighted by atomic mass is 9.93. The molecule has 0 fully saturated rings. The van der Waals surface area contributed by atoms with Crippen LogP contribution in [-0.2, 0) is 0 Å². The van der Waals surface area contributed by atoms with Gasteiger partial charge in [0, 0.05) is 46.2 Å². The number of benzene rings is 4. The van der Waals surface area contributed by atoms with E-state index < -0.39 is 9.85 Å². The average molecular weight is 989 g/mol. The molecule has 71 heavy (non-hydrogen) atoms. The zero-order chi connectivity index (χ0) is 57.5. The molecule has 0 bridgehead atoms. The Morgan fingerprint density at radius 3 is 1.06 bits per heavy atom. The second-order valence-corrected chi connectivity index (χ2v) is 13.2.